The summed E-state index contributed by atoms with van der Waals surface area (Å²) in [6, 6.07) is 14.8. The minimum atomic E-state index is 0.766. The number of para-hydroxylation sites is 2. The standard InChI is InChI=1S/C17H15N.CHO.ClH.Ru.H/c1-3-12-7-5-9-14-11-15-10-6-8-13(4-2)17(15)18-16(12)14;1-2;;;/h5-11H,1-4H2;1H;1H;;/q-2;-1;;+1;/p-1. The molecular weight excluding hydrogens is 383 g/mol. The molecule has 22 heavy (non-hydrogen) atoms. The van der Waals surface area contributed by atoms with E-state index in [2.05, 4.69) is 72.8 Å². The van der Waals surface area contributed by atoms with E-state index < -0.39 is 0 Å². The second-order valence-corrected chi connectivity index (χ2v) is 4.47. The molecule has 0 spiro atoms. The van der Waals surface area contributed by atoms with Crippen LogP contribution in [-0.4, -0.2) is 11.8 Å². The van der Waals surface area contributed by atoms with Gasteiger partial charge in [-0.2, -0.15) is 12.8 Å². The van der Waals surface area contributed by atoms with Crippen molar-refractivity contribution in [1.82, 2.24) is 4.98 Å². The van der Waals surface area contributed by atoms with Gasteiger partial charge in [0.05, 0.1) is 11.0 Å². The Bertz CT molecular complexity index is 687. The van der Waals surface area contributed by atoms with E-state index >= 15 is 0 Å². The molecule has 0 amide bonds. The zero-order valence-electron chi connectivity index (χ0n) is 12.1. The van der Waals surface area contributed by atoms with Gasteiger partial charge in [-0.15, -0.1) is 0 Å². The molecule has 118 valence electrons. The van der Waals surface area contributed by atoms with Crippen LogP contribution < -0.4 is 0 Å². The van der Waals surface area contributed by atoms with Crippen molar-refractivity contribution in [2.45, 2.75) is 12.8 Å². The van der Waals surface area contributed by atoms with Crippen LogP contribution in [0.2, 0.25) is 0 Å². The van der Waals surface area contributed by atoms with E-state index in [4.69, 9.17) is 9.78 Å². The first-order valence-electron chi connectivity index (χ1n) is 6.60. The van der Waals surface area contributed by atoms with Gasteiger partial charge in [-0.1, -0.05) is 47.5 Å². The number of rotatable bonds is 2. The molecule has 1 heterocycles. The van der Waals surface area contributed by atoms with Gasteiger partial charge in [0, 0.05) is 10.8 Å². The summed E-state index contributed by atoms with van der Waals surface area (Å²) >= 11 is 1.62. The number of benzene rings is 2. The third kappa shape index (κ3) is 3.91. The summed E-state index contributed by atoms with van der Waals surface area (Å²) in [5, 5.41) is 2.37. The van der Waals surface area contributed by atoms with E-state index in [1.54, 1.807) is 17.3 Å². The van der Waals surface area contributed by atoms with Crippen LogP contribution in [0.4, 0.5) is 0 Å². The van der Waals surface area contributed by atoms with Gasteiger partial charge < -0.3 is 18.6 Å². The van der Waals surface area contributed by atoms with Gasteiger partial charge in [-0.3, -0.25) is 6.79 Å². The quantitative estimate of drug-likeness (QED) is 0.278. The zero-order chi connectivity index (χ0) is 16.5. The first-order chi connectivity index (χ1) is 10.8. The van der Waals surface area contributed by atoms with Crippen molar-refractivity contribution < 1.29 is 22.1 Å². The Morgan fingerprint density at radius 3 is 1.68 bits per heavy atom. The fourth-order valence-corrected chi connectivity index (χ4v) is 2.41. The molecule has 3 rings (SSSR count). The van der Waals surface area contributed by atoms with Crippen molar-refractivity contribution in [2.24, 2.45) is 0 Å². The van der Waals surface area contributed by atoms with Crippen LogP contribution in [0, 0.1) is 13.8 Å². The van der Waals surface area contributed by atoms with Gasteiger partial charge in [-0.05, 0) is 6.07 Å². The summed E-state index contributed by atoms with van der Waals surface area (Å²) in [5.41, 5.74) is 4.54. The third-order valence-corrected chi connectivity index (χ3v) is 3.37. The van der Waals surface area contributed by atoms with E-state index in [1.165, 1.54) is 21.9 Å². The molecule has 0 atom stereocenters. The van der Waals surface area contributed by atoms with Crippen LogP contribution in [0.15, 0.2) is 42.5 Å². The minimum absolute atomic E-state index is 0.766. The molecule has 0 saturated carbocycles. The SMILES string of the molecule is [CH-]=O.[CH2-]Cc1cccc2cc3cccc(C[CH2-])c3nc12.[Cl][RuH]. The van der Waals surface area contributed by atoms with E-state index in [0.717, 1.165) is 23.9 Å². The number of halogens is 1. The molecule has 0 unspecified atom stereocenters. The zero-order valence-corrected chi connectivity index (χ0v) is 14.7. The topological polar surface area (TPSA) is 30.0 Å². The van der Waals surface area contributed by atoms with Crippen LogP contribution in [0.5, 0.6) is 0 Å². The Morgan fingerprint density at radius 1 is 0.909 bits per heavy atom. The molecule has 0 bridgehead atoms. The number of pyridine rings is 1. The molecule has 2 aromatic carbocycles. The maximum absolute atomic E-state index is 7.75. The fourth-order valence-electron chi connectivity index (χ4n) is 2.41. The predicted octanol–water partition coefficient (Wildman–Crippen LogP) is 4.29. The Morgan fingerprint density at radius 2 is 1.32 bits per heavy atom. The van der Waals surface area contributed by atoms with Gasteiger partial charge in [0.25, 0.3) is 0 Å². The Kier molecular flexibility index (Phi) is 8.23. The molecular formula is C18H17ClNORu-3. The predicted molar refractivity (Wildman–Crippen MR) is 91.4 cm³/mol. The van der Waals surface area contributed by atoms with Crippen LogP contribution in [0.25, 0.3) is 21.8 Å². The van der Waals surface area contributed by atoms with E-state index in [0.29, 0.717) is 0 Å². The van der Waals surface area contributed by atoms with Crippen molar-refractivity contribution >= 4 is 38.3 Å². The molecule has 1 aromatic heterocycles. The molecule has 0 aliphatic rings. The second-order valence-electron chi connectivity index (χ2n) is 4.47. The van der Waals surface area contributed by atoms with Crippen molar-refractivity contribution in [1.29, 1.82) is 0 Å². The van der Waals surface area contributed by atoms with Gasteiger partial charge >= 0.3 is 27.0 Å². The molecule has 0 aliphatic carbocycles. The number of hydrogen-bond acceptors (Lipinski definition) is 2. The third-order valence-electron chi connectivity index (χ3n) is 3.37. The fraction of sp³-hybridized carbons (Fsp3) is 0.111. The van der Waals surface area contributed by atoms with Crippen molar-refractivity contribution in [2.75, 3.05) is 0 Å². The van der Waals surface area contributed by atoms with Crippen LogP contribution in [-0.2, 0) is 34.9 Å². The molecule has 0 saturated heterocycles. The number of aromatic nitrogens is 1. The second kappa shape index (κ2) is 9.66. The molecule has 0 N–H and O–H groups in total. The summed E-state index contributed by atoms with van der Waals surface area (Å²) in [4.78, 5) is 12.6. The summed E-state index contributed by atoms with van der Waals surface area (Å²) in [7, 11) is 4.61. The summed E-state index contributed by atoms with van der Waals surface area (Å²) in [6.07, 6.45) is 1.53. The van der Waals surface area contributed by atoms with Gasteiger partial charge in [0.15, 0.2) is 0 Å². The number of carbonyl (C=O) groups excluding carboxylic acids is 1. The van der Waals surface area contributed by atoms with Crippen molar-refractivity contribution in [3.63, 3.8) is 0 Å². The summed E-state index contributed by atoms with van der Waals surface area (Å²) < 4.78 is 0. The average Bonchev–Trinajstić information content (AvgIpc) is 2.62. The molecule has 3 aromatic rings. The summed E-state index contributed by atoms with van der Waals surface area (Å²) in [5.74, 6) is 0. The number of nitrogens with zero attached hydrogens (tertiary/aromatic N) is 1. The normalized spacial score (nSPS) is 9.68. The van der Waals surface area contributed by atoms with Crippen LogP contribution in [0.3, 0.4) is 0 Å². The maximum atomic E-state index is 7.75. The Labute approximate surface area is 145 Å². The van der Waals surface area contributed by atoms with E-state index in [1.807, 2.05) is 0 Å². The average molecular weight is 400 g/mol. The van der Waals surface area contributed by atoms with Crippen molar-refractivity contribution in [3.8, 4) is 0 Å². The molecule has 0 radical (unpaired) electrons. The number of hydrogen-bond donors (Lipinski definition) is 0. The first kappa shape index (κ1) is 18.7. The van der Waals surface area contributed by atoms with Gasteiger partial charge in [0.1, 0.15) is 0 Å². The van der Waals surface area contributed by atoms with Crippen LogP contribution in [0.1, 0.15) is 11.1 Å². The summed E-state index contributed by atoms with van der Waals surface area (Å²) in [6.45, 7) is 11.2. The van der Waals surface area contributed by atoms with E-state index in [-0.39, 0.29) is 0 Å². The van der Waals surface area contributed by atoms with E-state index in [9.17, 15) is 0 Å². The Hall–Kier alpha value is -1.31. The molecule has 0 fully saturated rings. The number of fused-ring (bicyclic) bond motifs is 2. The van der Waals surface area contributed by atoms with Crippen LogP contribution >= 0.6 is 9.69 Å². The molecule has 0 aliphatic heterocycles. The monoisotopic (exact) mass is 400 g/mol. The van der Waals surface area contributed by atoms with Gasteiger partial charge in [-0.25, -0.2) is 4.98 Å². The van der Waals surface area contributed by atoms with Crippen molar-refractivity contribution in [3.05, 3.63) is 67.4 Å². The molecule has 2 nitrogen and oxygen atoms in total. The Balaban J connectivity index is 0.000000561. The first-order valence-corrected chi connectivity index (χ1v) is 8.99. The molecule has 4 heteroatoms. The van der Waals surface area contributed by atoms with Gasteiger partial charge in [0.2, 0.25) is 0 Å².